The Labute approximate surface area is 148 Å². The van der Waals surface area contributed by atoms with Crippen molar-refractivity contribution in [2.45, 2.75) is 19.8 Å². The first-order chi connectivity index (χ1) is 11.9. The van der Waals surface area contributed by atoms with Gasteiger partial charge in [0, 0.05) is 25.3 Å². The van der Waals surface area contributed by atoms with Crippen LogP contribution in [0.3, 0.4) is 0 Å². The Morgan fingerprint density at radius 3 is 2.52 bits per heavy atom. The molecule has 2 aromatic rings. The van der Waals surface area contributed by atoms with E-state index in [0.29, 0.717) is 26.0 Å². The molecule has 0 aliphatic heterocycles. The Hall–Kier alpha value is -2.12. The maximum absolute atomic E-state index is 11.0. The fourth-order valence-electron chi connectivity index (χ4n) is 2.54. The maximum atomic E-state index is 11.0. The Bertz CT molecular complexity index is 827. The molecule has 0 saturated carbocycles. The molecule has 0 atom stereocenters. The molecule has 0 heterocycles. The molecular weight excluding hydrogens is 342 g/mol. The molecule has 0 bridgehead atoms. The predicted octanol–water partition coefficient (Wildman–Crippen LogP) is 2.26. The van der Waals surface area contributed by atoms with Gasteiger partial charge in [0.15, 0.2) is 0 Å². The molecule has 7 heteroatoms. The predicted molar refractivity (Wildman–Crippen MR) is 97.2 cm³/mol. The molecule has 2 aromatic carbocycles. The fourth-order valence-corrected chi connectivity index (χ4v) is 2.96. The van der Waals surface area contributed by atoms with Crippen molar-refractivity contribution in [3.8, 4) is 5.75 Å². The largest absolute Gasteiger partial charge is 0.493 e. The van der Waals surface area contributed by atoms with Crippen molar-refractivity contribution < 1.29 is 22.1 Å². The molecule has 2 rings (SSSR count). The Kier molecular flexibility index (Phi) is 6.78. The molecule has 0 aliphatic rings. The van der Waals surface area contributed by atoms with Gasteiger partial charge in [-0.3, -0.25) is 8.98 Å². The lowest BCUT2D eigenvalue weighted by molar-refractivity contribution is -0.118. The van der Waals surface area contributed by atoms with Crippen LogP contribution < -0.4 is 10.1 Å². The third kappa shape index (κ3) is 6.36. The van der Waals surface area contributed by atoms with Crippen molar-refractivity contribution >= 4 is 26.8 Å². The minimum absolute atomic E-state index is 0.0532. The summed E-state index contributed by atoms with van der Waals surface area (Å²) >= 11 is 0. The minimum atomic E-state index is -3.42. The molecule has 0 aliphatic carbocycles. The molecule has 1 N–H and O–H groups in total. The fraction of sp³-hybridized carbons (Fsp3) is 0.389. The number of carbonyl (C=O) groups excluding carboxylic acids is 1. The molecule has 0 aromatic heterocycles. The van der Waals surface area contributed by atoms with Crippen LogP contribution in [0.4, 0.5) is 0 Å². The van der Waals surface area contributed by atoms with Gasteiger partial charge in [-0.25, -0.2) is 0 Å². The van der Waals surface area contributed by atoms with Gasteiger partial charge in [0.1, 0.15) is 5.75 Å². The van der Waals surface area contributed by atoms with Gasteiger partial charge in [0.05, 0.1) is 19.5 Å². The summed E-state index contributed by atoms with van der Waals surface area (Å²) < 4.78 is 32.4. The van der Waals surface area contributed by atoms with E-state index < -0.39 is 10.1 Å². The molecule has 1 amide bonds. The third-order valence-corrected chi connectivity index (χ3v) is 4.16. The van der Waals surface area contributed by atoms with E-state index in [1.165, 1.54) is 6.92 Å². The molecule has 0 spiro atoms. The first kappa shape index (κ1) is 19.2. The molecule has 25 heavy (non-hydrogen) atoms. The van der Waals surface area contributed by atoms with E-state index in [0.717, 1.165) is 28.3 Å². The molecular formula is C18H23NO5S. The molecule has 0 fully saturated rings. The van der Waals surface area contributed by atoms with E-state index in [2.05, 4.69) is 5.32 Å². The highest BCUT2D eigenvalue weighted by atomic mass is 32.2. The van der Waals surface area contributed by atoms with Crippen molar-refractivity contribution in [3.05, 3.63) is 42.0 Å². The number of nitrogens with one attached hydrogen (secondary N) is 1. The summed E-state index contributed by atoms with van der Waals surface area (Å²) in [6.45, 7) is 2.51. The van der Waals surface area contributed by atoms with Crippen LogP contribution in [0.15, 0.2) is 36.4 Å². The highest BCUT2D eigenvalue weighted by Gasteiger charge is 2.08. The molecule has 0 radical (unpaired) electrons. The Balaban J connectivity index is 2.06. The molecule has 136 valence electrons. The zero-order chi connectivity index (χ0) is 18.3. The number of carbonyl (C=O) groups is 1. The van der Waals surface area contributed by atoms with Crippen LogP contribution >= 0.6 is 0 Å². The van der Waals surface area contributed by atoms with E-state index >= 15 is 0 Å². The van der Waals surface area contributed by atoms with Gasteiger partial charge in [-0.05, 0) is 23.4 Å². The summed E-state index contributed by atoms with van der Waals surface area (Å²) in [4.78, 5) is 11.0. The number of amides is 1. The zero-order valence-corrected chi connectivity index (χ0v) is 15.3. The second-order valence-electron chi connectivity index (χ2n) is 5.73. The summed E-state index contributed by atoms with van der Waals surface area (Å²) in [5.41, 5.74) is 1.09. The van der Waals surface area contributed by atoms with Crippen molar-refractivity contribution in [1.82, 2.24) is 5.32 Å². The molecule has 0 saturated heterocycles. The van der Waals surface area contributed by atoms with E-state index in [1.807, 2.05) is 36.4 Å². The average molecular weight is 365 g/mol. The summed E-state index contributed by atoms with van der Waals surface area (Å²) in [6.07, 6.45) is 2.20. The van der Waals surface area contributed by atoms with Crippen LogP contribution in [0.1, 0.15) is 18.9 Å². The topological polar surface area (TPSA) is 81.7 Å². The van der Waals surface area contributed by atoms with Crippen molar-refractivity contribution in [2.24, 2.45) is 0 Å². The van der Waals surface area contributed by atoms with Gasteiger partial charge in [-0.2, -0.15) is 8.42 Å². The summed E-state index contributed by atoms with van der Waals surface area (Å²) in [7, 11) is -3.42. The third-order valence-electron chi connectivity index (χ3n) is 3.56. The lowest BCUT2D eigenvalue weighted by atomic mass is 10.0. The van der Waals surface area contributed by atoms with Gasteiger partial charge in [0.25, 0.3) is 10.1 Å². The SMILES string of the molecule is CC(=O)NCCc1cccc2cccc(OCCCOS(C)(=O)=O)c12. The van der Waals surface area contributed by atoms with Crippen LogP contribution in [0.25, 0.3) is 10.8 Å². The number of rotatable bonds is 9. The van der Waals surface area contributed by atoms with Crippen molar-refractivity contribution in [3.63, 3.8) is 0 Å². The summed E-state index contributed by atoms with van der Waals surface area (Å²) in [6, 6.07) is 11.8. The van der Waals surface area contributed by atoms with Crippen molar-refractivity contribution in [2.75, 3.05) is 26.0 Å². The Morgan fingerprint density at radius 2 is 1.84 bits per heavy atom. The monoisotopic (exact) mass is 365 g/mol. The number of fused-ring (bicyclic) bond motifs is 1. The lowest BCUT2D eigenvalue weighted by Gasteiger charge is -2.13. The number of hydrogen-bond donors (Lipinski definition) is 1. The van der Waals surface area contributed by atoms with Crippen LogP contribution in [0, 0.1) is 0 Å². The highest BCUT2D eigenvalue weighted by molar-refractivity contribution is 7.85. The standard InChI is InChI=1S/C18H23NO5S/c1-14(20)19-11-10-16-7-3-6-15-8-4-9-17(18(15)16)23-12-5-13-24-25(2,21)22/h3-4,6-9H,5,10-13H2,1-2H3,(H,19,20). The number of hydrogen-bond acceptors (Lipinski definition) is 5. The second-order valence-corrected chi connectivity index (χ2v) is 7.38. The van der Waals surface area contributed by atoms with Gasteiger partial charge >= 0.3 is 0 Å². The maximum Gasteiger partial charge on any atom is 0.264 e. The molecule has 0 unspecified atom stereocenters. The Morgan fingerprint density at radius 1 is 1.12 bits per heavy atom. The van der Waals surface area contributed by atoms with E-state index in [-0.39, 0.29) is 12.5 Å². The van der Waals surface area contributed by atoms with Gasteiger partial charge in [0.2, 0.25) is 5.91 Å². The number of benzene rings is 2. The van der Waals surface area contributed by atoms with E-state index in [4.69, 9.17) is 8.92 Å². The van der Waals surface area contributed by atoms with Gasteiger partial charge in [-0.15, -0.1) is 0 Å². The first-order valence-corrected chi connectivity index (χ1v) is 9.91. The van der Waals surface area contributed by atoms with Gasteiger partial charge < -0.3 is 10.1 Å². The van der Waals surface area contributed by atoms with Crippen LogP contribution in [-0.4, -0.2) is 40.3 Å². The minimum Gasteiger partial charge on any atom is -0.493 e. The van der Waals surface area contributed by atoms with Crippen LogP contribution in [0.2, 0.25) is 0 Å². The van der Waals surface area contributed by atoms with Crippen LogP contribution in [-0.2, 0) is 25.5 Å². The smallest absolute Gasteiger partial charge is 0.264 e. The second kappa shape index (κ2) is 8.82. The highest BCUT2D eigenvalue weighted by Crippen LogP contribution is 2.29. The van der Waals surface area contributed by atoms with Crippen LogP contribution in [0.5, 0.6) is 5.75 Å². The number of ether oxygens (including phenoxy) is 1. The van der Waals surface area contributed by atoms with E-state index in [9.17, 15) is 13.2 Å². The quantitative estimate of drug-likeness (QED) is 0.544. The molecule has 6 nitrogen and oxygen atoms in total. The normalized spacial score (nSPS) is 11.4. The van der Waals surface area contributed by atoms with Gasteiger partial charge in [-0.1, -0.05) is 30.3 Å². The van der Waals surface area contributed by atoms with E-state index in [1.54, 1.807) is 0 Å². The van der Waals surface area contributed by atoms with Crippen molar-refractivity contribution in [1.29, 1.82) is 0 Å². The summed E-state index contributed by atoms with van der Waals surface area (Å²) in [5, 5.41) is 4.87. The summed E-state index contributed by atoms with van der Waals surface area (Å²) in [5.74, 6) is 0.692. The zero-order valence-electron chi connectivity index (χ0n) is 14.4. The average Bonchev–Trinajstić information content (AvgIpc) is 2.53. The first-order valence-electron chi connectivity index (χ1n) is 8.09. The lowest BCUT2D eigenvalue weighted by Crippen LogP contribution is -2.22.